The first-order valence-corrected chi connectivity index (χ1v) is 5.81. The van der Waals surface area contributed by atoms with Crippen molar-refractivity contribution in [3.63, 3.8) is 0 Å². The zero-order valence-electron chi connectivity index (χ0n) is 9.82. The van der Waals surface area contributed by atoms with Gasteiger partial charge in [-0.25, -0.2) is 0 Å². The van der Waals surface area contributed by atoms with E-state index in [1.54, 1.807) is 0 Å². The second-order valence-electron chi connectivity index (χ2n) is 3.78. The molecule has 0 saturated carbocycles. The van der Waals surface area contributed by atoms with Gasteiger partial charge in [-0.2, -0.15) is 0 Å². The molecular weight excluding hydrogens is 212 g/mol. The lowest BCUT2D eigenvalue weighted by Gasteiger charge is -1.76. The van der Waals surface area contributed by atoms with Crippen LogP contribution in [0.5, 0.6) is 0 Å². The molecule has 3 N–H and O–H groups in total. The van der Waals surface area contributed by atoms with E-state index in [1.807, 2.05) is 0 Å². The maximum atomic E-state index is 8.08. The number of hydrogen-bond donors (Lipinski definition) is 1. The quantitative estimate of drug-likeness (QED) is 0.657. The van der Waals surface area contributed by atoms with Crippen LogP contribution in [-0.2, 0) is 14.2 Å². The maximum Gasteiger partial charge on any atom is 0.104 e. The van der Waals surface area contributed by atoms with Gasteiger partial charge in [0.05, 0.1) is 13.2 Å². The molecule has 3 saturated heterocycles. The first kappa shape index (κ1) is 15.8. The summed E-state index contributed by atoms with van der Waals surface area (Å²) in [5.41, 5.74) is 0. The van der Waals surface area contributed by atoms with Crippen molar-refractivity contribution < 1.29 is 24.8 Å². The van der Waals surface area contributed by atoms with Crippen LogP contribution in [0.2, 0.25) is 0 Å². The third-order valence-electron chi connectivity index (χ3n) is 2.26. The molecule has 1 unspecified atom stereocenters. The topological polar surface area (TPSA) is 82.7 Å². The van der Waals surface area contributed by atoms with Crippen LogP contribution in [0.1, 0.15) is 25.7 Å². The van der Waals surface area contributed by atoms with Crippen molar-refractivity contribution >= 4 is 0 Å². The fraction of sp³-hybridized carbons (Fsp3) is 1.00. The second kappa shape index (κ2) is 11.3. The maximum absolute atomic E-state index is 8.08. The van der Waals surface area contributed by atoms with Crippen molar-refractivity contribution in [3.8, 4) is 0 Å². The highest BCUT2D eigenvalue weighted by Gasteiger charge is 2.19. The third kappa shape index (κ3) is 10.3. The molecule has 3 aliphatic heterocycles. The van der Waals surface area contributed by atoms with Gasteiger partial charge in [0.25, 0.3) is 0 Å². The molecule has 5 nitrogen and oxygen atoms in total. The number of epoxide rings is 1. The molecule has 5 heteroatoms. The van der Waals surface area contributed by atoms with Gasteiger partial charge < -0.3 is 24.8 Å². The highest BCUT2D eigenvalue weighted by molar-refractivity contribution is 4.65. The van der Waals surface area contributed by atoms with Crippen molar-refractivity contribution in [2.24, 2.45) is 0 Å². The van der Waals surface area contributed by atoms with Gasteiger partial charge in [0.15, 0.2) is 0 Å². The molecule has 0 aromatic heterocycles. The summed E-state index contributed by atoms with van der Waals surface area (Å²) in [6, 6.07) is 0. The van der Waals surface area contributed by atoms with Crippen LogP contribution in [0.15, 0.2) is 0 Å². The SMILES string of the molecule is C1CCOC1.C1CCOC1.O.OCC1CO1. The highest BCUT2D eigenvalue weighted by atomic mass is 16.6. The van der Waals surface area contributed by atoms with E-state index in [0.717, 1.165) is 33.0 Å². The Labute approximate surface area is 97.0 Å². The lowest BCUT2D eigenvalue weighted by molar-refractivity contribution is 0.198. The molecule has 0 bridgehead atoms. The minimum absolute atomic E-state index is 0. The average molecular weight is 236 g/mol. The Hall–Kier alpha value is -0.200. The summed E-state index contributed by atoms with van der Waals surface area (Å²) in [6.45, 7) is 4.95. The molecule has 0 aromatic rings. The molecule has 0 radical (unpaired) electrons. The average Bonchev–Trinajstić information content (AvgIpc) is 2.85. The molecule has 3 aliphatic rings. The van der Waals surface area contributed by atoms with Gasteiger partial charge in [0.2, 0.25) is 0 Å². The molecule has 0 aromatic carbocycles. The van der Waals surface area contributed by atoms with Crippen LogP contribution in [0, 0.1) is 0 Å². The van der Waals surface area contributed by atoms with Gasteiger partial charge >= 0.3 is 0 Å². The number of aliphatic hydroxyl groups is 1. The zero-order chi connectivity index (χ0) is 10.8. The molecule has 3 fully saturated rings. The standard InChI is InChI=1S/2C4H8O.C3H6O2.H2O/c2*1-2-4-5-3-1;4-1-3-2-5-3;/h2*1-4H2;3-4H,1-2H2;1H2. The van der Waals surface area contributed by atoms with Crippen LogP contribution >= 0.6 is 0 Å². The van der Waals surface area contributed by atoms with E-state index in [1.165, 1.54) is 25.7 Å². The summed E-state index contributed by atoms with van der Waals surface area (Å²) < 4.78 is 14.5. The molecule has 3 heterocycles. The molecule has 0 spiro atoms. The normalized spacial score (nSPS) is 25.7. The largest absolute Gasteiger partial charge is 0.412 e. The van der Waals surface area contributed by atoms with Crippen LogP contribution in [0.25, 0.3) is 0 Å². The van der Waals surface area contributed by atoms with Crippen LogP contribution in [0.3, 0.4) is 0 Å². The molecule has 0 amide bonds. The zero-order valence-corrected chi connectivity index (χ0v) is 9.82. The monoisotopic (exact) mass is 236 g/mol. The molecule has 16 heavy (non-hydrogen) atoms. The summed E-state index contributed by atoms with van der Waals surface area (Å²) >= 11 is 0. The molecular formula is C11H24O5. The van der Waals surface area contributed by atoms with Crippen molar-refractivity contribution in [2.45, 2.75) is 31.8 Å². The van der Waals surface area contributed by atoms with E-state index in [0.29, 0.717) is 0 Å². The number of ether oxygens (including phenoxy) is 3. The Bertz CT molecular complexity index is 105. The lowest BCUT2D eigenvalue weighted by Crippen LogP contribution is -1.88. The predicted octanol–water partition coefficient (Wildman–Crippen LogP) is 0.146. The van der Waals surface area contributed by atoms with Gasteiger partial charge in [0, 0.05) is 26.4 Å². The first-order valence-electron chi connectivity index (χ1n) is 5.81. The highest BCUT2D eigenvalue weighted by Crippen LogP contribution is 2.05. The first-order chi connectivity index (χ1) is 7.43. The van der Waals surface area contributed by atoms with Crippen molar-refractivity contribution in [2.75, 3.05) is 39.6 Å². The van der Waals surface area contributed by atoms with E-state index in [-0.39, 0.29) is 18.2 Å². The minimum atomic E-state index is 0. The van der Waals surface area contributed by atoms with Gasteiger partial charge in [-0.15, -0.1) is 0 Å². The number of rotatable bonds is 1. The van der Waals surface area contributed by atoms with Crippen molar-refractivity contribution in [1.29, 1.82) is 0 Å². The van der Waals surface area contributed by atoms with Gasteiger partial charge in [-0.05, 0) is 25.7 Å². The van der Waals surface area contributed by atoms with E-state index < -0.39 is 0 Å². The second-order valence-corrected chi connectivity index (χ2v) is 3.78. The molecule has 3 rings (SSSR count). The van der Waals surface area contributed by atoms with Gasteiger partial charge in [-0.1, -0.05) is 0 Å². The van der Waals surface area contributed by atoms with Crippen molar-refractivity contribution in [1.82, 2.24) is 0 Å². The van der Waals surface area contributed by atoms with E-state index in [4.69, 9.17) is 14.6 Å². The Morgan fingerprint density at radius 3 is 1.31 bits per heavy atom. The Kier molecular flexibility index (Phi) is 11.1. The summed E-state index contributed by atoms with van der Waals surface area (Å²) in [5, 5.41) is 8.08. The van der Waals surface area contributed by atoms with E-state index in [9.17, 15) is 0 Å². The fourth-order valence-electron chi connectivity index (χ4n) is 1.19. The summed E-state index contributed by atoms with van der Waals surface area (Å²) in [4.78, 5) is 0. The van der Waals surface area contributed by atoms with Crippen LogP contribution in [0.4, 0.5) is 0 Å². The lowest BCUT2D eigenvalue weighted by atomic mass is 10.4. The number of aliphatic hydroxyl groups excluding tert-OH is 1. The van der Waals surface area contributed by atoms with E-state index in [2.05, 4.69) is 4.74 Å². The molecule has 1 atom stereocenters. The Morgan fingerprint density at radius 2 is 1.25 bits per heavy atom. The molecule has 98 valence electrons. The fourth-order valence-corrected chi connectivity index (χ4v) is 1.19. The summed E-state index contributed by atoms with van der Waals surface area (Å²) in [5.74, 6) is 0. The Balaban J connectivity index is 0.000000205. The van der Waals surface area contributed by atoms with Crippen molar-refractivity contribution in [3.05, 3.63) is 0 Å². The van der Waals surface area contributed by atoms with Crippen LogP contribution < -0.4 is 0 Å². The third-order valence-corrected chi connectivity index (χ3v) is 2.26. The molecule has 0 aliphatic carbocycles. The van der Waals surface area contributed by atoms with E-state index >= 15 is 0 Å². The van der Waals surface area contributed by atoms with Crippen LogP contribution in [-0.4, -0.2) is 56.3 Å². The summed E-state index contributed by atoms with van der Waals surface area (Å²) in [7, 11) is 0. The minimum Gasteiger partial charge on any atom is -0.412 e. The van der Waals surface area contributed by atoms with Gasteiger partial charge in [-0.3, -0.25) is 0 Å². The predicted molar refractivity (Wildman–Crippen MR) is 60.5 cm³/mol. The van der Waals surface area contributed by atoms with Gasteiger partial charge in [0.1, 0.15) is 6.10 Å². The Morgan fingerprint density at radius 1 is 0.875 bits per heavy atom. The number of hydrogen-bond acceptors (Lipinski definition) is 4. The summed E-state index contributed by atoms with van der Waals surface area (Å²) in [6.07, 6.45) is 5.30. The smallest absolute Gasteiger partial charge is 0.104 e.